The number of rotatable bonds is 4. The average molecular weight is 364 g/mol. The highest BCUT2D eigenvalue weighted by atomic mass is 16.2. The number of carbonyl (C=O) groups excluding carboxylic acids is 2. The molecule has 0 atom stereocenters. The molecule has 6 nitrogen and oxygen atoms in total. The van der Waals surface area contributed by atoms with Gasteiger partial charge in [-0.2, -0.15) is 0 Å². The maximum absolute atomic E-state index is 12.9. The minimum atomic E-state index is 0.0459. The van der Waals surface area contributed by atoms with Crippen LogP contribution in [0.4, 0.5) is 5.69 Å². The second-order valence-corrected chi connectivity index (χ2v) is 7.13. The molecule has 0 unspecified atom stereocenters. The van der Waals surface area contributed by atoms with Gasteiger partial charge in [0.1, 0.15) is 0 Å². The van der Waals surface area contributed by atoms with Crippen LogP contribution in [-0.4, -0.2) is 59.3 Å². The first-order valence-electron chi connectivity index (χ1n) is 9.52. The molecule has 1 aromatic carbocycles. The summed E-state index contributed by atoms with van der Waals surface area (Å²) in [6, 6.07) is 11.5. The molecular weight excluding hydrogens is 340 g/mol. The van der Waals surface area contributed by atoms with Crippen molar-refractivity contribution in [3.8, 4) is 0 Å². The zero-order valence-electron chi connectivity index (χ0n) is 15.4. The number of anilines is 1. The minimum absolute atomic E-state index is 0.0459. The molecule has 4 rings (SSSR count). The van der Waals surface area contributed by atoms with E-state index >= 15 is 0 Å². The van der Waals surface area contributed by atoms with E-state index in [-0.39, 0.29) is 11.8 Å². The Bertz CT molecular complexity index is 816. The van der Waals surface area contributed by atoms with E-state index in [4.69, 9.17) is 0 Å². The van der Waals surface area contributed by atoms with E-state index < -0.39 is 0 Å². The highest BCUT2D eigenvalue weighted by Gasteiger charge is 2.25. The van der Waals surface area contributed by atoms with E-state index in [2.05, 4.69) is 16.0 Å². The molecular formula is C21H24N4O2. The first-order valence-corrected chi connectivity index (χ1v) is 9.52. The first kappa shape index (κ1) is 17.7. The van der Waals surface area contributed by atoms with Crippen LogP contribution in [0.15, 0.2) is 48.8 Å². The van der Waals surface area contributed by atoms with Gasteiger partial charge in [0, 0.05) is 69.3 Å². The molecule has 2 saturated heterocycles. The summed E-state index contributed by atoms with van der Waals surface area (Å²) in [7, 11) is 0. The predicted molar refractivity (Wildman–Crippen MR) is 103 cm³/mol. The van der Waals surface area contributed by atoms with Gasteiger partial charge in [-0.25, -0.2) is 0 Å². The highest BCUT2D eigenvalue weighted by Crippen LogP contribution is 2.23. The summed E-state index contributed by atoms with van der Waals surface area (Å²) in [5, 5.41) is 0. The molecule has 27 heavy (non-hydrogen) atoms. The third-order valence-electron chi connectivity index (χ3n) is 5.27. The zero-order chi connectivity index (χ0) is 18.6. The molecule has 1 aromatic heterocycles. The molecule has 6 heteroatoms. The standard InChI is InChI=1S/C21H24N4O2/c26-20-7-3-9-25(20)19-6-1-5-18(14-19)21(27)24-12-10-23(11-13-24)16-17-4-2-8-22-15-17/h1-2,4-6,8,14-15H,3,7,9-13,16H2. The van der Waals surface area contributed by atoms with Gasteiger partial charge < -0.3 is 9.80 Å². The van der Waals surface area contributed by atoms with Crippen LogP contribution in [0, 0.1) is 0 Å². The lowest BCUT2D eigenvalue weighted by Gasteiger charge is -2.34. The van der Waals surface area contributed by atoms with Crippen LogP contribution in [0.1, 0.15) is 28.8 Å². The minimum Gasteiger partial charge on any atom is -0.336 e. The van der Waals surface area contributed by atoms with Gasteiger partial charge in [0.05, 0.1) is 0 Å². The molecule has 2 aromatic rings. The Morgan fingerprint density at radius 3 is 2.59 bits per heavy atom. The van der Waals surface area contributed by atoms with E-state index in [1.807, 2.05) is 41.4 Å². The highest BCUT2D eigenvalue weighted by molar-refractivity contribution is 5.99. The van der Waals surface area contributed by atoms with Crippen LogP contribution >= 0.6 is 0 Å². The molecule has 2 fully saturated rings. The largest absolute Gasteiger partial charge is 0.336 e. The zero-order valence-corrected chi connectivity index (χ0v) is 15.4. The molecule has 3 heterocycles. The van der Waals surface area contributed by atoms with Crippen LogP contribution in [0.3, 0.4) is 0 Å². The number of benzene rings is 1. The van der Waals surface area contributed by atoms with Crippen LogP contribution in [-0.2, 0) is 11.3 Å². The van der Waals surface area contributed by atoms with Gasteiger partial charge >= 0.3 is 0 Å². The van der Waals surface area contributed by atoms with Gasteiger partial charge in [0.25, 0.3) is 5.91 Å². The van der Waals surface area contributed by atoms with Crippen molar-refractivity contribution in [1.82, 2.24) is 14.8 Å². The Hall–Kier alpha value is -2.73. The number of amides is 2. The van der Waals surface area contributed by atoms with Gasteiger partial charge in [-0.15, -0.1) is 0 Å². The van der Waals surface area contributed by atoms with E-state index in [0.29, 0.717) is 25.1 Å². The van der Waals surface area contributed by atoms with E-state index in [1.165, 1.54) is 5.56 Å². The number of nitrogens with zero attached hydrogens (tertiary/aromatic N) is 4. The average Bonchev–Trinajstić information content (AvgIpc) is 3.15. The fraction of sp³-hybridized carbons (Fsp3) is 0.381. The van der Waals surface area contributed by atoms with Crippen LogP contribution in [0.25, 0.3) is 0 Å². The maximum Gasteiger partial charge on any atom is 0.254 e. The number of pyridine rings is 1. The summed E-state index contributed by atoms with van der Waals surface area (Å²) in [6.07, 6.45) is 5.15. The quantitative estimate of drug-likeness (QED) is 0.834. The Labute approximate surface area is 159 Å². The molecule has 0 aliphatic carbocycles. The number of carbonyl (C=O) groups is 2. The van der Waals surface area contributed by atoms with Crippen molar-refractivity contribution in [2.24, 2.45) is 0 Å². The number of piperazine rings is 1. The predicted octanol–water partition coefficient (Wildman–Crippen LogP) is 2.17. The molecule has 2 aliphatic heterocycles. The maximum atomic E-state index is 12.9. The van der Waals surface area contributed by atoms with Crippen molar-refractivity contribution < 1.29 is 9.59 Å². The van der Waals surface area contributed by atoms with Crippen molar-refractivity contribution in [3.63, 3.8) is 0 Å². The Kier molecular flexibility index (Phi) is 5.16. The summed E-state index contributed by atoms with van der Waals surface area (Å²) >= 11 is 0. The molecule has 0 saturated carbocycles. The fourth-order valence-electron chi connectivity index (χ4n) is 3.77. The lowest BCUT2D eigenvalue weighted by Crippen LogP contribution is -2.48. The summed E-state index contributed by atoms with van der Waals surface area (Å²) in [6.45, 7) is 4.74. The van der Waals surface area contributed by atoms with E-state index in [9.17, 15) is 9.59 Å². The molecule has 0 spiro atoms. The first-order chi connectivity index (χ1) is 13.2. The summed E-state index contributed by atoms with van der Waals surface area (Å²) in [5.74, 6) is 0.188. The second kappa shape index (κ2) is 7.88. The lowest BCUT2D eigenvalue weighted by molar-refractivity contribution is -0.117. The molecule has 0 N–H and O–H groups in total. The number of hydrogen-bond donors (Lipinski definition) is 0. The van der Waals surface area contributed by atoms with E-state index in [0.717, 1.165) is 38.3 Å². The van der Waals surface area contributed by atoms with Crippen molar-refractivity contribution in [2.75, 3.05) is 37.6 Å². The van der Waals surface area contributed by atoms with Gasteiger partial charge in [-0.3, -0.25) is 19.5 Å². The monoisotopic (exact) mass is 364 g/mol. The molecule has 0 bridgehead atoms. The van der Waals surface area contributed by atoms with Gasteiger partial charge in [-0.05, 0) is 36.2 Å². The van der Waals surface area contributed by atoms with Crippen molar-refractivity contribution in [2.45, 2.75) is 19.4 Å². The SMILES string of the molecule is O=C(c1cccc(N2CCCC2=O)c1)N1CCN(Cc2cccnc2)CC1. The summed E-state index contributed by atoms with van der Waals surface area (Å²) in [5.41, 5.74) is 2.69. The van der Waals surface area contributed by atoms with Crippen LogP contribution in [0.2, 0.25) is 0 Å². The summed E-state index contributed by atoms with van der Waals surface area (Å²) in [4.78, 5) is 35.1. The Morgan fingerprint density at radius 1 is 1.04 bits per heavy atom. The van der Waals surface area contributed by atoms with Gasteiger partial charge in [-0.1, -0.05) is 12.1 Å². The van der Waals surface area contributed by atoms with Crippen LogP contribution in [0.5, 0.6) is 0 Å². The lowest BCUT2D eigenvalue weighted by atomic mass is 10.1. The van der Waals surface area contributed by atoms with E-state index in [1.54, 1.807) is 11.1 Å². The normalized spacial score (nSPS) is 18.1. The molecule has 2 aliphatic rings. The number of hydrogen-bond acceptors (Lipinski definition) is 4. The third kappa shape index (κ3) is 4.01. The molecule has 0 radical (unpaired) electrons. The van der Waals surface area contributed by atoms with Gasteiger partial charge in [0.2, 0.25) is 5.91 Å². The molecule has 140 valence electrons. The second-order valence-electron chi connectivity index (χ2n) is 7.13. The third-order valence-corrected chi connectivity index (χ3v) is 5.27. The van der Waals surface area contributed by atoms with Crippen molar-refractivity contribution in [1.29, 1.82) is 0 Å². The smallest absolute Gasteiger partial charge is 0.254 e. The topological polar surface area (TPSA) is 56.8 Å². The fourth-order valence-corrected chi connectivity index (χ4v) is 3.77. The van der Waals surface area contributed by atoms with Crippen molar-refractivity contribution >= 4 is 17.5 Å². The molecule has 2 amide bonds. The summed E-state index contributed by atoms with van der Waals surface area (Å²) < 4.78 is 0. The Morgan fingerprint density at radius 2 is 1.89 bits per heavy atom. The van der Waals surface area contributed by atoms with Crippen molar-refractivity contribution in [3.05, 3.63) is 59.9 Å². The van der Waals surface area contributed by atoms with Crippen LogP contribution < -0.4 is 4.90 Å². The van der Waals surface area contributed by atoms with Gasteiger partial charge in [0.15, 0.2) is 0 Å². The Balaban J connectivity index is 1.37. The number of aromatic nitrogens is 1.